The highest BCUT2D eigenvalue weighted by atomic mass is 32.1. The van der Waals surface area contributed by atoms with E-state index in [9.17, 15) is 4.57 Å². The first-order valence-corrected chi connectivity index (χ1v) is 12.4. The van der Waals surface area contributed by atoms with Gasteiger partial charge in [0, 0.05) is 16.7 Å². The van der Waals surface area contributed by atoms with E-state index in [1.165, 1.54) is 44.1 Å². The van der Waals surface area contributed by atoms with Gasteiger partial charge in [-0.25, -0.2) is 0 Å². The number of hydrogen-bond donors (Lipinski definition) is 0. The van der Waals surface area contributed by atoms with E-state index >= 15 is 0 Å². The molecule has 0 saturated heterocycles. The van der Waals surface area contributed by atoms with Crippen LogP contribution in [0.25, 0.3) is 0 Å². The molecule has 1 aromatic carbocycles. The fraction of sp³-hybridized carbons (Fsp3) is 0.682. The van der Waals surface area contributed by atoms with Crippen LogP contribution in [0, 0.1) is 0 Å². The molecular weight excluding hydrogens is 343 g/mol. The Hall–Kier alpha value is -0.460. The topological polar surface area (TPSA) is 17.1 Å². The molecule has 0 aromatic heterocycles. The zero-order chi connectivity index (χ0) is 17.9. The second-order valence-corrected chi connectivity index (χ2v) is 12.6. The molecule has 0 radical (unpaired) electrons. The van der Waals surface area contributed by atoms with Gasteiger partial charge in [-0.3, -0.25) is 0 Å². The van der Waals surface area contributed by atoms with Crippen LogP contribution in [0.15, 0.2) is 30.3 Å². The van der Waals surface area contributed by atoms with Crippen molar-refractivity contribution in [3.63, 3.8) is 0 Å². The van der Waals surface area contributed by atoms with Gasteiger partial charge in [-0.2, -0.15) is 0 Å². The van der Waals surface area contributed by atoms with E-state index in [0.717, 1.165) is 30.3 Å². The second kappa shape index (κ2) is 8.05. The summed E-state index contributed by atoms with van der Waals surface area (Å²) in [6.07, 6.45) is 12.0. The maximum atomic E-state index is 14.7. The van der Waals surface area contributed by atoms with E-state index in [1.807, 2.05) is 6.07 Å². The molecule has 2 saturated carbocycles. The lowest BCUT2D eigenvalue weighted by molar-refractivity contribution is 0.453. The average Bonchev–Trinajstić information content (AvgIpc) is 2.68. The van der Waals surface area contributed by atoms with Crippen LogP contribution in [-0.4, -0.2) is 15.9 Å². The van der Waals surface area contributed by atoms with Crippen molar-refractivity contribution in [2.75, 3.05) is 0 Å². The molecule has 25 heavy (non-hydrogen) atoms. The van der Waals surface area contributed by atoms with Crippen LogP contribution in [0.5, 0.6) is 0 Å². The van der Waals surface area contributed by atoms with Crippen molar-refractivity contribution < 1.29 is 4.57 Å². The summed E-state index contributed by atoms with van der Waals surface area (Å²) in [5, 5.41) is 0. The summed E-state index contributed by atoms with van der Waals surface area (Å²) in [4.78, 5) is 0. The second-order valence-electron chi connectivity index (χ2n) is 8.59. The van der Waals surface area contributed by atoms with Gasteiger partial charge in [0.15, 0.2) is 0 Å². The average molecular weight is 377 g/mol. The van der Waals surface area contributed by atoms with Crippen LogP contribution in [0.2, 0.25) is 0 Å². The van der Waals surface area contributed by atoms with E-state index in [0.29, 0.717) is 11.3 Å². The summed E-state index contributed by atoms with van der Waals surface area (Å²) in [5.74, 6) is 0. The molecule has 0 amide bonds. The van der Waals surface area contributed by atoms with Crippen molar-refractivity contribution >= 4 is 24.0 Å². The predicted octanol–water partition coefficient (Wildman–Crippen LogP) is 7.32. The van der Waals surface area contributed by atoms with E-state index in [4.69, 9.17) is 12.2 Å². The molecule has 0 N–H and O–H groups in total. The Morgan fingerprint density at radius 3 is 1.76 bits per heavy atom. The van der Waals surface area contributed by atoms with E-state index < -0.39 is 7.14 Å². The van der Waals surface area contributed by atoms with Crippen molar-refractivity contribution in [2.24, 2.45) is 0 Å². The molecule has 2 aliphatic rings. The normalized spacial score (nSPS) is 21.2. The highest BCUT2D eigenvalue weighted by Crippen LogP contribution is 2.66. The molecule has 0 heterocycles. The highest BCUT2D eigenvalue weighted by Gasteiger charge is 2.48. The molecule has 0 spiro atoms. The monoisotopic (exact) mass is 376 g/mol. The smallest absolute Gasteiger partial charge is 0.128 e. The summed E-state index contributed by atoms with van der Waals surface area (Å²) in [6, 6.07) is 10.5. The fourth-order valence-corrected chi connectivity index (χ4v) is 10.5. The third kappa shape index (κ3) is 3.81. The zero-order valence-electron chi connectivity index (χ0n) is 15.9. The summed E-state index contributed by atoms with van der Waals surface area (Å²) < 4.78 is 15.6. The van der Waals surface area contributed by atoms with Crippen molar-refractivity contribution in [3.05, 3.63) is 35.9 Å². The summed E-state index contributed by atoms with van der Waals surface area (Å²) in [5.41, 5.74) is 1.62. The molecule has 1 nitrogen and oxygen atoms in total. The van der Waals surface area contributed by atoms with Crippen LogP contribution < -0.4 is 0 Å². The number of hydrogen-bond acceptors (Lipinski definition) is 2. The summed E-state index contributed by atoms with van der Waals surface area (Å²) in [6.45, 7) is 4.39. The van der Waals surface area contributed by atoms with Gasteiger partial charge in [-0.05, 0) is 31.2 Å². The Bertz CT molecular complexity index is 603. The van der Waals surface area contributed by atoms with Crippen LogP contribution >= 0.6 is 19.4 Å². The minimum atomic E-state index is -2.52. The lowest BCUT2D eigenvalue weighted by atomic mass is 9.87. The fourth-order valence-electron chi connectivity index (χ4n) is 4.97. The largest absolute Gasteiger partial charge is 0.317 e. The molecule has 0 bridgehead atoms. The Labute approximate surface area is 159 Å². The molecule has 2 fully saturated rings. The summed E-state index contributed by atoms with van der Waals surface area (Å²) >= 11 is 6.11. The van der Waals surface area contributed by atoms with Crippen LogP contribution in [0.4, 0.5) is 0 Å². The molecule has 0 unspecified atom stereocenters. The maximum Gasteiger partial charge on any atom is 0.128 e. The zero-order valence-corrected chi connectivity index (χ0v) is 17.6. The van der Waals surface area contributed by atoms with Gasteiger partial charge in [0.1, 0.15) is 7.14 Å². The number of rotatable bonds is 5. The third-order valence-electron chi connectivity index (χ3n) is 6.58. The lowest BCUT2D eigenvalue weighted by Crippen LogP contribution is -2.36. The van der Waals surface area contributed by atoms with E-state index in [1.54, 1.807) is 0 Å². The van der Waals surface area contributed by atoms with Gasteiger partial charge >= 0.3 is 0 Å². The van der Waals surface area contributed by atoms with Crippen molar-refractivity contribution in [2.45, 2.75) is 94.8 Å². The molecule has 1 aromatic rings. The number of thiocarbonyl (C=S) groups is 1. The molecule has 2 aliphatic carbocycles. The highest BCUT2D eigenvalue weighted by molar-refractivity contribution is 8.02. The first kappa shape index (κ1) is 19.3. The van der Waals surface area contributed by atoms with Crippen LogP contribution in [-0.2, 0) is 9.98 Å². The Morgan fingerprint density at radius 2 is 1.32 bits per heavy atom. The Balaban J connectivity index is 1.98. The Kier molecular flexibility index (Phi) is 6.22. The van der Waals surface area contributed by atoms with Crippen molar-refractivity contribution in [1.82, 2.24) is 0 Å². The van der Waals surface area contributed by atoms with Crippen molar-refractivity contribution in [3.8, 4) is 0 Å². The predicted molar refractivity (Wildman–Crippen MR) is 113 cm³/mol. The lowest BCUT2D eigenvalue weighted by Gasteiger charge is -2.43. The van der Waals surface area contributed by atoms with E-state index in [2.05, 4.69) is 38.1 Å². The molecular formula is C22H33OPS. The minimum absolute atomic E-state index is 0.291. The molecule has 0 aliphatic heterocycles. The molecule has 3 rings (SSSR count). The van der Waals surface area contributed by atoms with Crippen molar-refractivity contribution in [1.29, 1.82) is 0 Å². The standard InChI is InChI=1S/C22H33OPS/c1-22(2,18-12-6-3-7-13-18)21(25)24(23,19-14-8-4-9-15-19)20-16-10-5-11-17-20/h3,6-7,12-13,19-20H,4-5,8-11,14-17H2,1-2H3. The minimum Gasteiger partial charge on any atom is -0.317 e. The molecule has 3 heteroatoms. The van der Waals surface area contributed by atoms with Gasteiger partial charge in [0.2, 0.25) is 0 Å². The third-order valence-corrected chi connectivity index (χ3v) is 12.3. The SMILES string of the molecule is CC(C)(C(=S)P(=O)(C1CCCCC1)C1CCCCC1)c1ccccc1. The van der Waals surface area contributed by atoms with Gasteiger partial charge in [-0.15, -0.1) is 0 Å². The Morgan fingerprint density at radius 1 is 0.880 bits per heavy atom. The van der Waals surface area contributed by atoms with Crippen LogP contribution in [0.1, 0.15) is 83.6 Å². The number of benzene rings is 1. The van der Waals surface area contributed by atoms with E-state index in [-0.39, 0.29) is 5.41 Å². The summed E-state index contributed by atoms with van der Waals surface area (Å²) in [7, 11) is -2.52. The molecule has 0 atom stereocenters. The quantitative estimate of drug-likeness (QED) is 0.395. The molecule has 138 valence electrons. The van der Waals surface area contributed by atoms with Gasteiger partial charge in [-0.1, -0.05) is 94.9 Å². The first-order chi connectivity index (χ1) is 12.0. The van der Waals surface area contributed by atoms with Gasteiger partial charge < -0.3 is 4.57 Å². The van der Waals surface area contributed by atoms with Crippen LogP contribution in [0.3, 0.4) is 0 Å². The maximum absolute atomic E-state index is 14.7. The van der Waals surface area contributed by atoms with Gasteiger partial charge in [0.05, 0.1) is 4.61 Å². The van der Waals surface area contributed by atoms with Gasteiger partial charge in [0.25, 0.3) is 0 Å². The first-order valence-electron chi connectivity index (χ1n) is 10.2.